The second-order valence-electron chi connectivity index (χ2n) is 4.54. The number of carboxylic acids is 1. The van der Waals surface area contributed by atoms with Crippen LogP contribution in [-0.4, -0.2) is 37.7 Å². The number of amides is 1. The van der Waals surface area contributed by atoms with Gasteiger partial charge in [0.1, 0.15) is 0 Å². The highest BCUT2D eigenvalue weighted by Crippen LogP contribution is 2.28. The predicted octanol–water partition coefficient (Wildman–Crippen LogP) is 1.62. The summed E-state index contributed by atoms with van der Waals surface area (Å²) in [5.41, 5.74) is 1.06. The third-order valence-corrected chi connectivity index (χ3v) is 2.98. The minimum atomic E-state index is -0.916. The largest absolute Gasteiger partial charge is 0.493 e. The van der Waals surface area contributed by atoms with Crippen molar-refractivity contribution in [2.75, 3.05) is 20.8 Å². The van der Waals surface area contributed by atoms with Gasteiger partial charge < -0.3 is 19.9 Å². The third kappa shape index (κ3) is 6.16. The minimum Gasteiger partial charge on any atom is -0.493 e. The number of methoxy groups -OCH3 is 2. The van der Waals surface area contributed by atoms with Crippen LogP contribution in [-0.2, 0) is 16.0 Å². The predicted molar refractivity (Wildman–Crippen MR) is 77.7 cm³/mol. The maximum atomic E-state index is 11.5. The average Bonchev–Trinajstić information content (AvgIpc) is 2.46. The van der Waals surface area contributed by atoms with Gasteiger partial charge in [0.15, 0.2) is 11.5 Å². The molecule has 116 valence electrons. The molecule has 0 unspecified atom stereocenters. The summed E-state index contributed by atoms with van der Waals surface area (Å²) in [6.45, 7) is 0.171. The molecular formula is C15H21NO5. The standard InChI is InChI=1S/C15H21NO5/c1-20-12-7-6-11(10-13(12)21-2)4-3-5-14(17)16-9-8-15(18)19/h6-7,10H,3-5,8-9H2,1-2H3,(H,16,17)(H,18,19). The monoisotopic (exact) mass is 295 g/mol. The summed E-state index contributed by atoms with van der Waals surface area (Å²) < 4.78 is 10.4. The van der Waals surface area contributed by atoms with Gasteiger partial charge in [-0.05, 0) is 30.5 Å². The van der Waals surface area contributed by atoms with E-state index in [-0.39, 0.29) is 18.9 Å². The van der Waals surface area contributed by atoms with Crippen molar-refractivity contribution in [2.24, 2.45) is 0 Å². The van der Waals surface area contributed by atoms with E-state index in [1.165, 1.54) is 0 Å². The molecule has 0 radical (unpaired) electrons. The van der Waals surface area contributed by atoms with Crippen LogP contribution in [0.5, 0.6) is 11.5 Å². The smallest absolute Gasteiger partial charge is 0.305 e. The molecule has 1 aromatic rings. The van der Waals surface area contributed by atoms with Crippen molar-refractivity contribution in [3.63, 3.8) is 0 Å². The van der Waals surface area contributed by atoms with Gasteiger partial charge in [-0.15, -0.1) is 0 Å². The highest BCUT2D eigenvalue weighted by Gasteiger charge is 2.06. The molecule has 0 aromatic heterocycles. The van der Waals surface area contributed by atoms with E-state index in [2.05, 4.69) is 5.32 Å². The molecule has 0 aliphatic heterocycles. The highest BCUT2D eigenvalue weighted by atomic mass is 16.5. The molecule has 0 aliphatic carbocycles. The summed E-state index contributed by atoms with van der Waals surface area (Å²) >= 11 is 0. The molecule has 6 heteroatoms. The summed E-state index contributed by atoms with van der Waals surface area (Å²) in [4.78, 5) is 21.8. The number of aliphatic carboxylic acids is 1. The lowest BCUT2D eigenvalue weighted by Gasteiger charge is -2.09. The number of hydrogen-bond acceptors (Lipinski definition) is 4. The third-order valence-electron chi connectivity index (χ3n) is 2.98. The lowest BCUT2D eigenvalue weighted by molar-refractivity contribution is -0.136. The van der Waals surface area contributed by atoms with Gasteiger partial charge in [-0.1, -0.05) is 6.07 Å². The molecule has 0 heterocycles. The highest BCUT2D eigenvalue weighted by molar-refractivity contribution is 5.76. The first kappa shape index (κ1) is 16.8. The minimum absolute atomic E-state index is 0.0541. The lowest BCUT2D eigenvalue weighted by Crippen LogP contribution is -2.25. The number of aryl methyl sites for hydroxylation is 1. The van der Waals surface area contributed by atoms with Crippen LogP contribution in [0.4, 0.5) is 0 Å². The fraction of sp³-hybridized carbons (Fsp3) is 0.467. The van der Waals surface area contributed by atoms with E-state index < -0.39 is 5.97 Å². The van der Waals surface area contributed by atoms with Gasteiger partial charge in [0.2, 0.25) is 5.91 Å². The average molecular weight is 295 g/mol. The summed E-state index contributed by atoms with van der Waals surface area (Å²) in [5.74, 6) is 0.297. The first-order valence-electron chi connectivity index (χ1n) is 6.76. The molecule has 0 saturated heterocycles. The van der Waals surface area contributed by atoms with Crippen LogP contribution < -0.4 is 14.8 Å². The Morgan fingerprint density at radius 2 is 1.86 bits per heavy atom. The summed E-state index contributed by atoms with van der Waals surface area (Å²) in [5, 5.41) is 11.0. The van der Waals surface area contributed by atoms with E-state index >= 15 is 0 Å². The molecule has 0 bridgehead atoms. The van der Waals surface area contributed by atoms with E-state index in [0.717, 1.165) is 12.0 Å². The fourth-order valence-corrected chi connectivity index (χ4v) is 1.89. The molecule has 0 saturated carbocycles. The second-order valence-corrected chi connectivity index (χ2v) is 4.54. The number of benzene rings is 1. The van der Waals surface area contributed by atoms with E-state index in [4.69, 9.17) is 14.6 Å². The van der Waals surface area contributed by atoms with Crippen LogP contribution in [0.25, 0.3) is 0 Å². The van der Waals surface area contributed by atoms with Crippen LogP contribution in [0.1, 0.15) is 24.8 Å². The van der Waals surface area contributed by atoms with Crippen molar-refractivity contribution in [3.8, 4) is 11.5 Å². The Morgan fingerprint density at radius 3 is 2.48 bits per heavy atom. The number of hydrogen-bond donors (Lipinski definition) is 2. The number of carbonyl (C=O) groups excluding carboxylic acids is 1. The van der Waals surface area contributed by atoms with Crippen LogP contribution in [0.15, 0.2) is 18.2 Å². The Morgan fingerprint density at radius 1 is 1.14 bits per heavy atom. The van der Waals surface area contributed by atoms with Gasteiger partial charge in [-0.25, -0.2) is 0 Å². The van der Waals surface area contributed by atoms with Crippen molar-refractivity contribution in [2.45, 2.75) is 25.7 Å². The number of ether oxygens (including phenoxy) is 2. The summed E-state index contributed by atoms with van der Waals surface area (Å²) in [7, 11) is 3.16. The first-order valence-corrected chi connectivity index (χ1v) is 6.76. The Kier molecular flexibility index (Phi) is 7.08. The van der Waals surface area contributed by atoms with Crippen LogP contribution in [0.2, 0.25) is 0 Å². The fourth-order valence-electron chi connectivity index (χ4n) is 1.89. The Bertz CT molecular complexity index is 487. The van der Waals surface area contributed by atoms with Gasteiger partial charge in [0, 0.05) is 13.0 Å². The topological polar surface area (TPSA) is 84.9 Å². The molecular weight excluding hydrogens is 274 g/mol. The zero-order valence-corrected chi connectivity index (χ0v) is 12.3. The number of rotatable bonds is 9. The molecule has 0 aliphatic rings. The van der Waals surface area contributed by atoms with Gasteiger partial charge in [-0.2, -0.15) is 0 Å². The summed E-state index contributed by atoms with van der Waals surface area (Å²) in [6, 6.07) is 5.66. The van der Waals surface area contributed by atoms with Crippen LogP contribution in [0, 0.1) is 0 Å². The maximum absolute atomic E-state index is 11.5. The Balaban J connectivity index is 2.35. The van der Waals surface area contributed by atoms with Crippen molar-refractivity contribution >= 4 is 11.9 Å². The van der Waals surface area contributed by atoms with Gasteiger partial charge >= 0.3 is 5.97 Å². The van der Waals surface area contributed by atoms with Crippen molar-refractivity contribution in [3.05, 3.63) is 23.8 Å². The zero-order valence-electron chi connectivity index (χ0n) is 12.3. The second kappa shape index (κ2) is 8.84. The van der Waals surface area contributed by atoms with E-state index in [1.54, 1.807) is 14.2 Å². The van der Waals surface area contributed by atoms with E-state index in [1.807, 2.05) is 18.2 Å². The van der Waals surface area contributed by atoms with Gasteiger partial charge in [-0.3, -0.25) is 9.59 Å². The molecule has 0 atom stereocenters. The van der Waals surface area contributed by atoms with Gasteiger partial charge in [0.05, 0.1) is 20.6 Å². The van der Waals surface area contributed by atoms with Crippen molar-refractivity contribution < 1.29 is 24.2 Å². The molecule has 0 fully saturated rings. The van der Waals surface area contributed by atoms with Crippen LogP contribution in [0.3, 0.4) is 0 Å². The maximum Gasteiger partial charge on any atom is 0.305 e. The van der Waals surface area contributed by atoms with Crippen LogP contribution >= 0.6 is 0 Å². The molecule has 1 aromatic carbocycles. The normalized spacial score (nSPS) is 10.0. The van der Waals surface area contributed by atoms with E-state index in [0.29, 0.717) is 24.3 Å². The number of nitrogens with one attached hydrogen (secondary N) is 1. The lowest BCUT2D eigenvalue weighted by atomic mass is 10.1. The number of carboxylic acid groups (broad SMARTS) is 1. The molecule has 1 amide bonds. The summed E-state index contributed by atoms with van der Waals surface area (Å²) in [6.07, 6.45) is 1.75. The molecule has 2 N–H and O–H groups in total. The SMILES string of the molecule is COc1ccc(CCCC(=O)NCCC(=O)O)cc1OC. The zero-order chi connectivity index (χ0) is 15.7. The van der Waals surface area contributed by atoms with E-state index in [9.17, 15) is 9.59 Å². The molecule has 6 nitrogen and oxygen atoms in total. The number of carbonyl (C=O) groups is 2. The first-order chi connectivity index (χ1) is 10.1. The molecule has 0 spiro atoms. The Labute approximate surface area is 124 Å². The van der Waals surface area contributed by atoms with Crippen molar-refractivity contribution in [1.29, 1.82) is 0 Å². The van der Waals surface area contributed by atoms with Crippen molar-refractivity contribution in [1.82, 2.24) is 5.32 Å². The quantitative estimate of drug-likeness (QED) is 0.723. The molecule has 21 heavy (non-hydrogen) atoms. The van der Waals surface area contributed by atoms with Gasteiger partial charge in [0.25, 0.3) is 0 Å². The Hall–Kier alpha value is -2.24. The molecule has 1 rings (SSSR count).